The summed E-state index contributed by atoms with van der Waals surface area (Å²) in [7, 11) is 1.26. The molecular weight excluding hydrogens is 411 g/mol. The molecule has 8 heteroatoms. The van der Waals surface area contributed by atoms with E-state index in [1.54, 1.807) is 17.2 Å². The molecule has 164 valence electrons. The van der Waals surface area contributed by atoms with Gasteiger partial charge >= 0.3 is 5.97 Å². The molecule has 0 spiro atoms. The predicted molar refractivity (Wildman–Crippen MR) is 118 cm³/mol. The summed E-state index contributed by atoms with van der Waals surface area (Å²) in [4.78, 5) is 16.4. The van der Waals surface area contributed by atoms with Crippen LogP contribution in [0.1, 0.15) is 11.5 Å². The van der Waals surface area contributed by atoms with E-state index in [2.05, 4.69) is 11.0 Å². The molecule has 1 atom stereocenters. The van der Waals surface area contributed by atoms with E-state index in [9.17, 15) is 14.4 Å². The van der Waals surface area contributed by atoms with E-state index in [4.69, 9.17) is 15.2 Å². The number of hydrogen-bond acceptors (Lipinski definition) is 7. The van der Waals surface area contributed by atoms with Gasteiger partial charge < -0.3 is 25.0 Å². The maximum Gasteiger partial charge on any atom is 0.336 e. The number of methoxy groups -OCH3 is 1. The van der Waals surface area contributed by atoms with Gasteiger partial charge in [-0.25, -0.2) is 9.18 Å². The fourth-order valence-electron chi connectivity index (χ4n) is 4.02. The number of anilines is 2. The van der Waals surface area contributed by atoms with Crippen molar-refractivity contribution >= 4 is 17.3 Å². The molecule has 2 N–H and O–H groups in total. The van der Waals surface area contributed by atoms with Crippen molar-refractivity contribution in [1.82, 2.24) is 0 Å². The number of halogens is 1. The molecule has 0 radical (unpaired) electrons. The van der Waals surface area contributed by atoms with Crippen molar-refractivity contribution in [3.63, 3.8) is 0 Å². The van der Waals surface area contributed by atoms with Crippen molar-refractivity contribution in [2.75, 3.05) is 43.2 Å². The van der Waals surface area contributed by atoms with Crippen LogP contribution in [0, 0.1) is 17.1 Å². The largest absolute Gasteiger partial charge is 0.466 e. The summed E-state index contributed by atoms with van der Waals surface area (Å²) in [6, 6.07) is 15.6. The number of nitrogens with two attached hydrogens (primary N) is 1. The Hall–Kier alpha value is -3.83. The molecule has 0 bridgehead atoms. The first-order chi connectivity index (χ1) is 15.5. The van der Waals surface area contributed by atoms with E-state index in [1.807, 2.05) is 24.3 Å². The van der Waals surface area contributed by atoms with Gasteiger partial charge in [0, 0.05) is 30.7 Å². The standard InChI is InChI=1S/C24H23FN4O3/c1-31-24(30)21-15-29(19-7-5-18(6-8-19)28-9-11-32-12-10-28)23(27)20(14-26)22(21)16-3-2-4-17(25)13-16/h2-8,13,15,22H,9-12,27H2,1H3. The van der Waals surface area contributed by atoms with Crippen molar-refractivity contribution in [2.24, 2.45) is 5.73 Å². The number of morpholine rings is 1. The first-order valence-electron chi connectivity index (χ1n) is 10.2. The maximum absolute atomic E-state index is 13.9. The van der Waals surface area contributed by atoms with Gasteiger partial charge in [0.25, 0.3) is 0 Å². The first-order valence-corrected chi connectivity index (χ1v) is 10.2. The normalized spacial score (nSPS) is 18.8. The molecular formula is C24H23FN4O3. The summed E-state index contributed by atoms with van der Waals surface area (Å²) >= 11 is 0. The molecule has 0 aliphatic carbocycles. The molecule has 2 aromatic rings. The van der Waals surface area contributed by atoms with Crippen LogP contribution in [0.4, 0.5) is 15.8 Å². The minimum absolute atomic E-state index is 0.149. The number of hydrogen-bond donors (Lipinski definition) is 1. The van der Waals surface area contributed by atoms with Gasteiger partial charge in [-0.05, 0) is 42.0 Å². The number of benzene rings is 2. The third-order valence-electron chi connectivity index (χ3n) is 5.63. The third-order valence-corrected chi connectivity index (χ3v) is 5.63. The lowest BCUT2D eigenvalue weighted by molar-refractivity contribution is -0.136. The van der Waals surface area contributed by atoms with Gasteiger partial charge in [-0.1, -0.05) is 12.1 Å². The number of carbonyl (C=O) groups is 1. The molecule has 0 amide bonds. The Kier molecular flexibility index (Phi) is 6.10. The lowest BCUT2D eigenvalue weighted by Crippen LogP contribution is -2.36. The fourth-order valence-corrected chi connectivity index (χ4v) is 4.02. The SMILES string of the molecule is COC(=O)C1=CN(c2ccc(N3CCOCC3)cc2)C(N)=C(C#N)C1c1cccc(F)c1. The Morgan fingerprint density at radius 1 is 1.19 bits per heavy atom. The number of esters is 1. The van der Waals surface area contributed by atoms with Gasteiger partial charge in [0.2, 0.25) is 0 Å². The second-order valence-electron chi connectivity index (χ2n) is 7.46. The van der Waals surface area contributed by atoms with E-state index in [0.717, 1.165) is 18.8 Å². The van der Waals surface area contributed by atoms with Gasteiger partial charge in [0.1, 0.15) is 11.6 Å². The number of ether oxygens (including phenoxy) is 2. The number of allylic oxidation sites excluding steroid dienone is 1. The lowest BCUT2D eigenvalue weighted by atomic mass is 9.83. The second kappa shape index (κ2) is 9.12. The molecule has 1 fully saturated rings. The molecule has 0 saturated carbocycles. The van der Waals surface area contributed by atoms with E-state index in [-0.39, 0.29) is 17.0 Å². The van der Waals surface area contributed by atoms with Crippen molar-refractivity contribution in [3.05, 3.63) is 83.1 Å². The Bertz CT molecular complexity index is 1110. The minimum atomic E-state index is -0.827. The smallest absolute Gasteiger partial charge is 0.336 e. The Labute approximate surface area is 185 Å². The molecule has 2 aromatic carbocycles. The van der Waals surface area contributed by atoms with Crippen LogP contribution in [0.3, 0.4) is 0 Å². The van der Waals surface area contributed by atoms with Gasteiger partial charge in [-0.3, -0.25) is 0 Å². The number of nitriles is 1. The van der Waals surface area contributed by atoms with Crippen LogP contribution in [0.5, 0.6) is 0 Å². The van der Waals surface area contributed by atoms with Crippen molar-refractivity contribution < 1.29 is 18.7 Å². The van der Waals surface area contributed by atoms with Gasteiger partial charge in [-0.15, -0.1) is 0 Å². The molecule has 0 aromatic heterocycles. The van der Waals surface area contributed by atoms with Gasteiger partial charge in [0.15, 0.2) is 0 Å². The highest BCUT2D eigenvalue weighted by molar-refractivity contribution is 5.93. The number of rotatable bonds is 4. The Morgan fingerprint density at radius 3 is 2.50 bits per heavy atom. The summed E-state index contributed by atoms with van der Waals surface area (Å²) in [5, 5.41) is 9.91. The second-order valence-corrected chi connectivity index (χ2v) is 7.46. The zero-order chi connectivity index (χ0) is 22.7. The minimum Gasteiger partial charge on any atom is -0.466 e. The average molecular weight is 434 g/mol. The summed E-state index contributed by atoms with van der Waals surface area (Å²) in [5.41, 5.74) is 8.91. The monoisotopic (exact) mass is 434 g/mol. The molecule has 2 heterocycles. The van der Waals surface area contributed by atoms with Crippen LogP contribution in [0.2, 0.25) is 0 Å². The van der Waals surface area contributed by atoms with E-state index in [0.29, 0.717) is 24.5 Å². The molecule has 2 aliphatic heterocycles. The van der Waals surface area contributed by atoms with Crippen molar-refractivity contribution in [1.29, 1.82) is 5.26 Å². The van der Waals surface area contributed by atoms with Crippen LogP contribution in [0.15, 0.2) is 71.7 Å². The van der Waals surface area contributed by atoms with Crippen LogP contribution < -0.4 is 15.5 Å². The van der Waals surface area contributed by atoms with Crippen LogP contribution in [-0.2, 0) is 14.3 Å². The highest BCUT2D eigenvalue weighted by Gasteiger charge is 2.35. The predicted octanol–water partition coefficient (Wildman–Crippen LogP) is 3.02. The molecule has 2 aliphatic rings. The van der Waals surface area contributed by atoms with Crippen LogP contribution in [0.25, 0.3) is 0 Å². The maximum atomic E-state index is 13.9. The average Bonchev–Trinajstić information content (AvgIpc) is 2.84. The number of nitrogens with zero attached hydrogens (tertiary/aromatic N) is 3. The zero-order valence-electron chi connectivity index (χ0n) is 17.6. The van der Waals surface area contributed by atoms with Gasteiger partial charge in [-0.2, -0.15) is 5.26 Å². The highest BCUT2D eigenvalue weighted by atomic mass is 19.1. The molecule has 32 heavy (non-hydrogen) atoms. The number of carbonyl (C=O) groups excluding carboxylic acids is 1. The molecule has 1 saturated heterocycles. The Balaban J connectivity index is 1.74. The summed E-state index contributed by atoms with van der Waals surface area (Å²) in [5.74, 6) is -1.74. The van der Waals surface area contributed by atoms with E-state index in [1.165, 1.54) is 25.3 Å². The van der Waals surface area contributed by atoms with Gasteiger partial charge in [0.05, 0.1) is 43.5 Å². The highest BCUT2D eigenvalue weighted by Crippen LogP contribution is 2.39. The van der Waals surface area contributed by atoms with Crippen molar-refractivity contribution in [2.45, 2.75) is 5.92 Å². The Morgan fingerprint density at radius 2 is 1.88 bits per heavy atom. The lowest BCUT2D eigenvalue weighted by Gasteiger charge is -2.33. The van der Waals surface area contributed by atoms with Crippen LogP contribution in [-0.4, -0.2) is 39.4 Å². The third kappa shape index (κ3) is 4.03. The summed E-state index contributed by atoms with van der Waals surface area (Å²) < 4.78 is 24.3. The zero-order valence-corrected chi connectivity index (χ0v) is 17.6. The topological polar surface area (TPSA) is 91.8 Å². The van der Waals surface area contributed by atoms with E-state index < -0.39 is 17.7 Å². The molecule has 4 rings (SSSR count). The van der Waals surface area contributed by atoms with Crippen LogP contribution >= 0.6 is 0 Å². The molecule has 1 unspecified atom stereocenters. The summed E-state index contributed by atoms with van der Waals surface area (Å²) in [6.07, 6.45) is 1.56. The quantitative estimate of drug-likeness (QED) is 0.740. The van der Waals surface area contributed by atoms with Crippen molar-refractivity contribution in [3.8, 4) is 6.07 Å². The summed E-state index contributed by atoms with van der Waals surface area (Å²) in [6.45, 7) is 2.99. The molecule has 7 nitrogen and oxygen atoms in total. The fraction of sp³-hybridized carbons (Fsp3) is 0.250. The van der Waals surface area contributed by atoms with E-state index >= 15 is 0 Å². The first kappa shape index (κ1) is 21.4.